The summed E-state index contributed by atoms with van der Waals surface area (Å²) < 4.78 is 40.6. The van der Waals surface area contributed by atoms with Crippen LogP contribution >= 0.6 is 35.1 Å². The van der Waals surface area contributed by atoms with E-state index in [4.69, 9.17) is 54.7 Å². The number of ketones is 1. The fourth-order valence-corrected chi connectivity index (χ4v) is 13.8. The van der Waals surface area contributed by atoms with Crippen LogP contribution in [0.5, 0.6) is 5.75 Å². The fourth-order valence-electron chi connectivity index (χ4n) is 11.7. The third kappa shape index (κ3) is 18.9. The van der Waals surface area contributed by atoms with Crippen molar-refractivity contribution in [3.05, 3.63) is 81.7 Å². The first kappa shape index (κ1) is 68.6. The normalized spacial score (nSPS) is 25.6. The summed E-state index contributed by atoms with van der Waals surface area (Å²) in [5.74, 6) is -0.335. The van der Waals surface area contributed by atoms with E-state index in [0.717, 1.165) is 39.5 Å². The van der Waals surface area contributed by atoms with E-state index in [9.17, 15) is 29.1 Å². The summed E-state index contributed by atoms with van der Waals surface area (Å²) in [7, 11) is 6.13. The number of benzene rings is 2. The molecule has 0 spiro atoms. The molecule has 4 heterocycles. The number of amides is 4. The Bertz CT molecular complexity index is 2850. The number of nitrogens with zero attached hydrogens (tertiary/aromatic N) is 4. The second kappa shape index (κ2) is 33.1. The average molecular weight is 1250 g/mol. The van der Waals surface area contributed by atoms with Crippen molar-refractivity contribution in [2.24, 2.45) is 11.8 Å². The molecule has 3 aliphatic heterocycles. The molecule has 2 saturated heterocycles. The molecular weight excluding hydrogens is 1160 g/mol. The minimum absolute atomic E-state index is 0.0158. The smallest absolute Gasteiger partial charge is 0.409 e. The van der Waals surface area contributed by atoms with Gasteiger partial charge in [-0.15, -0.1) is 0 Å². The summed E-state index contributed by atoms with van der Waals surface area (Å²) in [4.78, 5) is 81.3. The number of hydrogen-bond acceptors (Lipinski definition) is 17. The molecular formula is C64H91ClN6O13S2. The number of likely N-dealkylation sites (N-methyl/N-ethyl adjacent to an activating group) is 1. The molecule has 3 fully saturated rings. The number of thioether (sulfide) groups is 2. The van der Waals surface area contributed by atoms with Crippen LogP contribution in [0.3, 0.4) is 0 Å². The molecule has 1 unspecified atom stereocenters. The zero-order valence-electron chi connectivity index (χ0n) is 51.8. The number of anilines is 1. The van der Waals surface area contributed by atoms with E-state index in [-0.39, 0.29) is 74.0 Å². The largest absolute Gasteiger partial charge is 0.495 e. The van der Waals surface area contributed by atoms with Crippen LogP contribution in [0.1, 0.15) is 138 Å². The quantitative estimate of drug-likeness (QED) is 0.0559. The molecule has 1 aromatic heterocycles. The number of rotatable bonds is 24. The zero-order chi connectivity index (χ0) is 62.0. The first-order valence-electron chi connectivity index (χ1n) is 30.4. The number of halogens is 1. The van der Waals surface area contributed by atoms with E-state index >= 15 is 0 Å². The number of Topliss-reactive ketones (excluding diaryl/α,β-unsaturated/α-hetero) is 1. The molecule has 1 saturated carbocycles. The Labute approximate surface area is 521 Å². The lowest BCUT2D eigenvalue weighted by Crippen LogP contribution is -2.63. The van der Waals surface area contributed by atoms with Gasteiger partial charge < -0.3 is 53.4 Å². The summed E-state index contributed by atoms with van der Waals surface area (Å²) in [5.41, 5.74) is 3.34. The summed E-state index contributed by atoms with van der Waals surface area (Å²) >= 11 is 10.6. The van der Waals surface area contributed by atoms with Gasteiger partial charge in [-0.3, -0.25) is 24.5 Å². The van der Waals surface area contributed by atoms with E-state index < -0.39 is 53.6 Å². The van der Waals surface area contributed by atoms with Crippen molar-refractivity contribution in [2.45, 2.75) is 170 Å². The third-order valence-corrected chi connectivity index (χ3v) is 19.5. The Hall–Kier alpha value is -4.84. The first-order valence-corrected chi connectivity index (χ1v) is 33.2. The molecule has 0 radical (unpaired) electrons. The zero-order valence-corrected chi connectivity index (χ0v) is 54.1. The highest BCUT2D eigenvalue weighted by atomic mass is 35.5. The number of methoxy groups -OCH3 is 2. The van der Waals surface area contributed by atoms with Crippen molar-refractivity contribution in [1.82, 2.24) is 25.5 Å². The van der Waals surface area contributed by atoms with Crippen molar-refractivity contribution < 1.29 is 62.2 Å². The van der Waals surface area contributed by atoms with E-state index in [1.807, 2.05) is 62.9 Å². The molecule has 4 aliphatic rings. The van der Waals surface area contributed by atoms with E-state index in [1.165, 1.54) is 81.8 Å². The highest BCUT2D eigenvalue weighted by molar-refractivity contribution is 7.99. The Balaban J connectivity index is 0.845. The number of nitrogens with one attached hydrogen (secondary N) is 2. The summed E-state index contributed by atoms with van der Waals surface area (Å²) in [5, 5.41) is 18.3. The SMILES string of the molecule is COc1cc2cc(c1Cl)N(C)C(=O)C[C@H](CC(=O)[C@@H](C)N(C)C(=O)CCOCCOCCOCCNC(=O)c1ccc3nc(CSC4CCCCCCCCC4)c(CSC)nc3c1)[C@]1(C)OC1[C@H](C)[C@@H]1C[C@@](O)(NC(=O)O1)[C@H](OC)/C=C/C=C(\C)C2. The third-order valence-electron chi connectivity index (χ3n) is 17.2. The molecule has 474 valence electrons. The van der Waals surface area contributed by atoms with Gasteiger partial charge in [0.25, 0.3) is 5.91 Å². The van der Waals surface area contributed by atoms with Crippen LogP contribution in [0.4, 0.5) is 10.5 Å². The molecule has 1 aliphatic carbocycles. The molecule has 4 bridgehead atoms. The van der Waals surface area contributed by atoms with Gasteiger partial charge in [-0.05, 0) is 82.2 Å². The summed E-state index contributed by atoms with van der Waals surface area (Å²) in [6.07, 6.45) is 16.3. The number of carbonyl (C=O) groups is 5. The molecule has 2 aromatic carbocycles. The first-order chi connectivity index (χ1) is 41.3. The number of aromatic nitrogens is 2. The van der Waals surface area contributed by atoms with E-state index in [1.54, 1.807) is 51.0 Å². The van der Waals surface area contributed by atoms with E-state index in [2.05, 4.69) is 16.9 Å². The van der Waals surface area contributed by atoms with Gasteiger partial charge in [0.2, 0.25) is 11.8 Å². The number of alkyl carbamates (subject to hydrolysis) is 1. The average Bonchev–Trinajstić information content (AvgIpc) is 1.62. The number of fused-ring (bicyclic) bond motifs is 6. The summed E-state index contributed by atoms with van der Waals surface area (Å²) in [6.45, 7) is 9.11. The number of aliphatic hydroxyl groups is 1. The van der Waals surface area contributed by atoms with Gasteiger partial charge in [-0.25, -0.2) is 14.8 Å². The van der Waals surface area contributed by atoms with Gasteiger partial charge in [0, 0.05) is 81.2 Å². The molecule has 4 amide bonds. The van der Waals surface area contributed by atoms with Gasteiger partial charge in [0.15, 0.2) is 11.5 Å². The Morgan fingerprint density at radius 2 is 1.60 bits per heavy atom. The number of carbonyl (C=O) groups excluding carboxylic acids is 5. The van der Waals surface area contributed by atoms with Crippen LogP contribution in [0.25, 0.3) is 11.0 Å². The number of allylic oxidation sites excluding steroid dienone is 3. The monoisotopic (exact) mass is 1250 g/mol. The van der Waals surface area contributed by atoms with Crippen molar-refractivity contribution >= 4 is 81.4 Å². The highest BCUT2D eigenvalue weighted by Crippen LogP contribution is 2.52. The van der Waals surface area contributed by atoms with Crippen LogP contribution in [0, 0.1) is 11.8 Å². The lowest BCUT2D eigenvalue weighted by atomic mass is 9.77. The van der Waals surface area contributed by atoms with Crippen molar-refractivity contribution in [1.29, 1.82) is 0 Å². The summed E-state index contributed by atoms with van der Waals surface area (Å²) in [6, 6.07) is 8.27. The molecule has 3 aromatic rings. The minimum atomic E-state index is -1.83. The minimum Gasteiger partial charge on any atom is -0.495 e. The van der Waals surface area contributed by atoms with Gasteiger partial charge >= 0.3 is 6.09 Å². The maximum Gasteiger partial charge on any atom is 0.409 e. The predicted molar refractivity (Wildman–Crippen MR) is 337 cm³/mol. The Morgan fingerprint density at radius 1 is 0.942 bits per heavy atom. The molecule has 22 heteroatoms. The molecule has 7 rings (SSSR count). The predicted octanol–water partition coefficient (Wildman–Crippen LogP) is 9.98. The molecule has 8 atom stereocenters. The van der Waals surface area contributed by atoms with E-state index in [0.29, 0.717) is 60.6 Å². The fraction of sp³-hybridized carbons (Fsp3) is 0.641. The second-order valence-electron chi connectivity index (χ2n) is 23.4. The molecule has 19 nitrogen and oxygen atoms in total. The van der Waals surface area contributed by atoms with Gasteiger partial charge in [-0.1, -0.05) is 87.3 Å². The molecule has 86 heavy (non-hydrogen) atoms. The van der Waals surface area contributed by atoms with Gasteiger partial charge in [-0.2, -0.15) is 23.5 Å². The van der Waals surface area contributed by atoms with Crippen molar-refractivity contribution in [3.63, 3.8) is 0 Å². The number of epoxide rings is 1. The van der Waals surface area contributed by atoms with Crippen molar-refractivity contribution in [2.75, 3.05) is 85.7 Å². The van der Waals surface area contributed by atoms with Crippen LogP contribution in [-0.4, -0.2) is 171 Å². The van der Waals surface area contributed by atoms with Crippen LogP contribution in [0.15, 0.2) is 54.1 Å². The standard InChI is InChI=1S/C64H91ClN6O13S2/c1-41-18-17-21-56(79-8)64(77)38-55(83-62(76)69-64)42(2)60-63(4,84-60)46(37-58(74)71(6)52-33-44(32-41)34-54(78-7)59(52)65)36-53(72)43(3)70(5)57(73)24-26-80-28-30-82-31-29-81-27-25-66-61(75)45-22-23-48-49(35-45)68-50(39-85-9)51(67-48)40-86-47-19-15-13-11-10-12-14-16-20-47/h17-18,21-23,33-35,42-43,46-47,55-56,60,77H,10-16,19-20,24-32,36-40H2,1-9H3,(H,66,75)(H,69,76)/b21-17+,41-18+/t42-,43-,46+,55+,56-,60?,63+,64+/m1/s1. The van der Waals surface area contributed by atoms with Gasteiger partial charge in [0.1, 0.15) is 23.0 Å². The maximum atomic E-state index is 14.5. The van der Waals surface area contributed by atoms with Crippen LogP contribution < -0.4 is 20.3 Å². The lowest BCUT2D eigenvalue weighted by Gasteiger charge is -2.42. The van der Waals surface area contributed by atoms with Gasteiger partial charge in [0.05, 0.1) is 99.0 Å². The Kier molecular flexibility index (Phi) is 26.4. The highest BCUT2D eigenvalue weighted by Gasteiger charge is 2.63. The topological polar surface area (TPSA) is 230 Å². The van der Waals surface area contributed by atoms with Crippen molar-refractivity contribution in [3.8, 4) is 5.75 Å². The second-order valence-corrected chi connectivity index (χ2v) is 26.0. The number of hydrogen-bond donors (Lipinski definition) is 3. The number of ether oxygens (including phenoxy) is 7. The molecule has 3 N–H and O–H groups in total. The maximum absolute atomic E-state index is 14.5. The van der Waals surface area contributed by atoms with Crippen LogP contribution in [-0.2, 0) is 60.7 Å². The van der Waals surface area contributed by atoms with Crippen LogP contribution in [0.2, 0.25) is 5.02 Å². The Morgan fingerprint density at radius 3 is 2.29 bits per heavy atom. The lowest BCUT2D eigenvalue weighted by molar-refractivity contribution is -0.142.